The molecule has 68 heavy (non-hydrogen) atoms. The highest BCUT2D eigenvalue weighted by Gasteiger charge is 2.58. The summed E-state index contributed by atoms with van der Waals surface area (Å²) < 4.78 is 47.8. The first-order chi connectivity index (χ1) is 32.1. The summed E-state index contributed by atoms with van der Waals surface area (Å²) in [5, 5.41) is 158. The van der Waals surface area contributed by atoms with Crippen LogP contribution in [-0.4, -0.2) is 282 Å². The lowest BCUT2D eigenvalue weighted by molar-refractivity contribution is -0.379. The summed E-state index contributed by atoms with van der Waals surface area (Å²) in [5.74, 6) is -3.26. The molecule has 4 aliphatic rings. The molecule has 0 aromatic heterocycles. The first kappa shape index (κ1) is 57.6. The molecule has 18 N–H and O–H groups in total. The molecular formula is C38H66N4O26. The van der Waals surface area contributed by atoms with Crippen LogP contribution in [0, 0.1) is 0 Å². The van der Waals surface area contributed by atoms with Gasteiger partial charge in [0.15, 0.2) is 25.2 Å². The van der Waals surface area contributed by atoms with Gasteiger partial charge in [-0.15, -0.1) is 0 Å². The molecule has 0 bridgehead atoms. The Hall–Kier alpha value is -3.00. The van der Waals surface area contributed by atoms with Crippen LogP contribution >= 0.6 is 0 Å². The van der Waals surface area contributed by atoms with Gasteiger partial charge in [-0.25, -0.2) is 0 Å². The second-order valence-corrected chi connectivity index (χ2v) is 16.7. The zero-order valence-electron chi connectivity index (χ0n) is 37.3. The van der Waals surface area contributed by atoms with Crippen molar-refractivity contribution in [3.63, 3.8) is 0 Å². The fraction of sp³-hybridized carbons (Fsp3) is 0.895. The van der Waals surface area contributed by atoms with Crippen molar-refractivity contribution >= 4 is 23.6 Å². The van der Waals surface area contributed by atoms with Gasteiger partial charge in [0.05, 0.1) is 45.7 Å². The average molecular weight is 995 g/mol. The summed E-state index contributed by atoms with van der Waals surface area (Å²) in [6.45, 7) is -1.87. The number of ether oxygens (including phenoxy) is 8. The van der Waals surface area contributed by atoms with E-state index in [1.165, 1.54) is 0 Å². The maximum atomic E-state index is 13.0. The number of rotatable bonds is 21. The molecule has 0 saturated carbocycles. The Morgan fingerprint density at radius 3 is 1.40 bits per heavy atom. The fourth-order valence-corrected chi connectivity index (χ4v) is 8.24. The van der Waals surface area contributed by atoms with E-state index < -0.39 is 210 Å². The van der Waals surface area contributed by atoms with Crippen LogP contribution < -0.4 is 21.3 Å². The van der Waals surface area contributed by atoms with Crippen LogP contribution in [0.2, 0.25) is 0 Å². The van der Waals surface area contributed by atoms with Crippen LogP contribution in [-0.2, 0) is 57.1 Å². The summed E-state index contributed by atoms with van der Waals surface area (Å²) >= 11 is 0. The summed E-state index contributed by atoms with van der Waals surface area (Å²) in [7, 11) is 0. The second kappa shape index (κ2) is 25.9. The van der Waals surface area contributed by atoms with E-state index >= 15 is 0 Å². The molecule has 4 fully saturated rings. The van der Waals surface area contributed by atoms with Gasteiger partial charge in [-0.2, -0.15) is 0 Å². The van der Waals surface area contributed by atoms with Crippen LogP contribution in [0.3, 0.4) is 0 Å². The van der Waals surface area contributed by atoms with Crippen molar-refractivity contribution in [1.29, 1.82) is 0 Å². The summed E-state index contributed by atoms with van der Waals surface area (Å²) in [6.07, 6.45) is -37.9. The molecule has 0 aromatic carbocycles. The Labute approximate surface area is 387 Å². The first-order valence-corrected chi connectivity index (χ1v) is 21.5. The number of hydrogen-bond acceptors (Lipinski definition) is 26. The van der Waals surface area contributed by atoms with Crippen LogP contribution in [0.1, 0.15) is 27.7 Å². The van der Waals surface area contributed by atoms with E-state index in [-0.39, 0.29) is 0 Å². The molecule has 4 heterocycles. The molecule has 0 unspecified atom stereocenters. The average Bonchev–Trinajstić information content (AvgIpc) is 3.29. The lowest BCUT2D eigenvalue weighted by Gasteiger charge is -2.52. The first-order valence-electron chi connectivity index (χ1n) is 21.5. The van der Waals surface area contributed by atoms with Gasteiger partial charge in [0.25, 0.3) is 0 Å². The quantitative estimate of drug-likeness (QED) is 0.0508. The smallest absolute Gasteiger partial charge is 0.217 e. The normalized spacial score (nSPS) is 40.6. The van der Waals surface area contributed by atoms with Gasteiger partial charge in [-0.1, -0.05) is 0 Å². The molecule has 30 nitrogen and oxygen atoms in total. The third-order valence-electron chi connectivity index (χ3n) is 11.6. The summed E-state index contributed by atoms with van der Waals surface area (Å²) in [4.78, 5) is 50.0. The second-order valence-electron chi connectivity index (χ2n) is 16.7. The van der Waals surface area contributed by atoms with E-state index in [1.54, 1.807) is 0 Å². The molecule has 0 spiro atoms. The number of hydrogen-bond donors (Lipinski definition) is 18. The van der Waals surface area contributed by atoms with Crippen molar-refractivity contribution in [3.05, 3.63) is 0 Å². The zero-order valence-corrected chi connectivity index (χ0v) is 37.3. The Kier molecular flexibility index (Phi) is 21.9. The number of nitrogens with one attached hydrogen (secondary N) is 4. The highest BCUT2D eigenvalue weighted by Crippen LogP contribution is 2.36. The zero-order chi connectivity index (χ0) is 50.9. The van der Waals surface area contributed by atoms with Gasteiger partial charge >= 0.3 is 0 Å². The van der Waals surface area contributed by atoms with Gasteiger partial charge in [-0.05, 0) is 0 Å². The molecule has 30 heteroatoms. The third-order valence-corrected chi connectivity index (χ3v) is 11.6. The molecule has 4 saturated heterocycles. The maximum absolute atomic E-state index is 13.0. The number of carbonyl (C=O) groups excluding carboxylic acids is 4. The minimum absolute atomic E-state index is 0.749. The lowest BCUT2D eigenvalue weighted by Crippen LogP contribution is -2.72. The van der Waals surface area contributed by atoms with Crippen molar-refractivity contribution in [3.8, 4) is 0 Å². The standard InChI is InChI=1S/C38H66N4O26/c1-11(49)39-15(5-43)31(24(54)16(53)6-44)65-36-22(41-13(3)51)28(58)32(19(9-47)63-36)66-37-23(42-14(4)52)34(68-35-21(40-12(2)50)27(57)25(55)17(7-45)61-35)33(20(10-48)64-37)67-38-30(60)29(59)26(56)18(8-46)62-38/h15-38,43-48,53-60H,5-10H2,1-4H3,(H,39,49)(H,40,50)(H,41,51)(H,42,52)/t15-,16+,17+,18+,19+,20+,21+,22+,23+,24-,25+,26-,27+,28+,29-,30+,31+,32+,33-,34+,35-,36-,37-,38-/m0/s1. The van der Waals surface area contributed by atoms with E-state index in [2.05, 4.69) is 21.3 Å². The monoisotopic (exact) mass is 994 g/mol. The van der Waals surface area contributed by atoms with Crippen molar-refractivity contribution in [2.45, 2.75) is 175 Å². The summed E-state index contributed by atoms with van der Waals surface area (Å²) in [5.41, 5.74) is 0. The molecule has 4 rings (SSSR count). The van der Waals surface area contributed by atoms with E-state index in [4.69, 9.17) is 37.9 Å². The van der Waals surface area contributed by atoms with Gasteiger partial charge < -0.3 is 131 Å². The third kappa shape index (κ3) is 13.7. The van der Waals surface area contributed by atoms with E-state index in [0.29, 0.717) is 0 Å². The van der Waals surface area contributed by atoms with Crippen LogP contribution in [0.15, 0.2) is 0 Å². The minimum Gasteiger partial charge on any atom is -0.394 e. The van der Waals surface area contributed by atoms with Crippen LogP contribution in [0.5, 0.6) is 0 Å². The van der Waals surface area contributed by atoms with Gasteiger partial charge in [0.1, 0.15) is 116 Å². The Morgan fingerprint density at radius 1 is 0.471 bits per heavy atom. The van der Waals surface area contributed by atoms with Crippen LogP contribution in [0.4, 0.5) is 0 Å². The Morgan fingerprint density at radius 2 is 0.897 bits per heavy atom. The molecule has 0 radical (unpaired) electrons. The van der Waals surface area contributed by atoms with E-state index in [0.717, 1.165) is 27.7 Å². The highest BCUT2D eigenvalue weighted by molar-refractivity contribution is 5.74. The van der Waals surface area contributed by atoms with Gasteiger partial charge in [0.2, 0.25) is 23.6 Å². The Bertz CT molecular complexity index is 1620. The van der Waals surface area contributed by atoms with Gasteiger partial charge in [0, 0.05) is 27.7 Å². The number of amides is 4. The molecule has 0 aliphatic carbocycles. The van der Waals surface area contributed by atoms with Gasteiger partial charge in [-0.3, -0.25) is 19.2 Å². The largest absolute Gasteiger partial charge is 0.394 e. The lowest BCUT2D eigenvalue weighted by atomic mass is 9.92. The SMILES string of the molecule is CC(=O)N[C@H]1[C@H](O[C@@H]([C@@H](O)[C@H](O)CO)[C@H](CO)NC(C)=O)O[C@H](CO)[C@@H](O[C@@H]2O[C@H](CO)[C@H](O[C@@H]3O[C@H](CO)[C@H](O)[C@H](O)[C@H]3O)[C@H](O[C@@H]3O[C@H](CO)[C@@H](O)[C@H](O)[C@H]3NC(C)=O)[C@H]2NC(C)=O)[C@@H]1O. The van der Waals surface area contributed by atoms with E-state index in [9.17, 15) is 90.7 Å². The van der Waals surface area contributed by atoms with Crippen molar-refractivity contribution in [2.75, 3.05) is 39.6 Å². The molecular weight excluding hydrogens is 928 g/mol. The topological polar surface area (TPSA) is 473 Å². The maximum Gasteiger partial charge on any atom is 0.217 e. The fourth-order valence-electron chi connectivity index (χ4n) is 8.24. The predicted octanol–water partition coefficient (Wildman–Crippen LogP) is -11.7. The van der Waals surface area contributed by atoms with Crippen molar-refractivity contribution < 1.29 is 129 Å². The predicted molar refractivity (Wildman–Crippen MR) is 215 cm³/mol. The molecule has 0 aromatic rings. The van der Waals surface area contributed by atoms with Crippen LogP contribution in [0.25, 0.3) is 0 Å². The molecule has 24 atom stereocenters. The Balaban J connectivity index is 1.82. The number of carbonyl (C=O) groups is 4. The molecule has 394 valence electrons. The van der Waals surface area contributed by atoms with E-state index in [1.807, 2.05) is 0 Å². The number of aliphatic hydroxyl groups is 14. The highest BCUT2D eigenvalue weighted by atomic mass is 16.8. The van der Waals surface area contributed by atoms with Crippen molar-refractivity contribution in [2.24, 2.45) is 0 Å². The minimum atomic E-state index is -2.09. The number of aliphatic hydroxyl groups excluding tert-OH is 14. The molecule has 4 aliphatic heterocycles. The van der Waals surface area contributed by atoms with Crippen molar-refractivity contribution in [1.82, 2.24) is 21.3 Å². The molecule has 4 amide bonds. The summed E-state index contributed by atoms with van der Waals surface area (Å²) in [6, 6.07) is -6.80.